The van der Waals surface area contributed by atoms with Gasteiger partial charge in [0.25, 0.3) is 0 Å². The standard InChI is InChI=1S/C15H19FO3/c1-18-15(17)12-4-8-14(9-5-12)19-10-11-2-6-13(16)7-3-11/h2-3,6-7,12,14H,4-5,8-10H2,1H3. The zero-order valence-corrected chi connectivity index (χ0v) is 11.1. The minimum absolute atomic E-state index is 0.0238. The van der Waals surface area contributed by atoms with Crippen molar-refractivity contribution in [3.63, 3.8) is 0 Å². The Morgan fingerprint density at radius 1 is 1.21 bits per heavy atom. The molecule has 0 unspecified atom stereocenters. The smallest absolute Gasteiger partial charge is 0.308 e. The molecule has 0 atom stereocenters. The Morgan fingerprint density at radius 2 is 1.84 bits per heavy atom. The van der Waals surface area contributed by atoms with Crippen molar-refractivity contribution in [1.82, 2.24) is 0 Å². The number of ether oxygens (including phenoxy) is 2. The van der Waals surface area contributed by atoms with Crippen LogP contribution in [0.25, 0.3) is 0 Å². The minimum atomic E-state index is -0.234. The van der Waals surface area contributed by atoms with Crippen LogP contribution in [0.3, 0.4) is 0 Å². The van der Waals surface area contributed by atoms with Gasteiger partial charge in [0.1, 0.15) is 5.82 Å². The molecule has 0 N–H and O–H groups in total. The Balaban J connectivity index is 1.74. The number of benzene rings is 1. The van der Waals surface area contributed by atoms with Crippen molar-refractivity contribution >= 4 is 5.97 Å². The molecule has 0 aliphatic heterocycles. The topological polar surface area (TPSA) is 35.5 Å². The molecule has 1 fully saturated rings. The van der Waals surface area contributed by atoms with Crippen LogP contribution in [-0.4, -0.2) is 19.2 Å². The molecule has 0 bridgehead atoms. The first kappa shape index (κ1) is 14.0. The Morgan fingerprint density at radius 3 is 2.42 bits per heavy atom. The molecule has 0 spiro atoms. The average molecular weight is 266 g/mol. The lowest BCUT2D eigenvalue weighted by Crippen LogP contribution is -2.26. The number of halogens is 1. The summed E-state index contributed by atoms with van der Waals surface area (Å²) in [6.07, 6.45) is 3.58. The molecule has 1 aliphatic rings. The van der Waals surface area contributed by atoms with E-state index in [1.165, 1.54) is 19.2 Å². The zero-order chi connectivity index (χ0) is 13.7. The normalized spacial score (nSPS) is 23.1. The van der Waals surface area contributed by atoms with Gasteiger partial charge in [-0.3, -0.25) is 4.79 Å². The van der Waals surface area contributed by atoms with E-state index in [2.05, 4.69) is 0 Å². The van der Waals surface area contributed by atoms with Crippen molar-refractivity contribution in [3.8, 4) is 0 Å². The second-order valence-electron chi connectivity index (χ2n) is 4.93. The van der Waals surface area contributed by atoms with E-state index in [4.69, 9.17) is 9.47 Å². The van der Waals surface area contributed by atoms with Gasteiger partial charge in [-0.05, 0) is 43.4 Å². The lowest BCUT2D eigenvalue weighted by atomic mass is 9.87. The molecule has 1 aliphatic carbocycles. The number of hydrogen-bond acceptors (Lipinski definition) is 3. The second-order valence-corrected chi connectivity index (χ2v) is 4.93. The van der Waals surface area contributed by atoms with Crippen LogP contribution in [0.1, 0.15) is 31.2 Å². The van der Waals surface area contributed by atoms with Crippen LogP contribution in [-0.2, 0) is 20.9 Å². The van der Waals surface area contributed by atoms with Crippen LogP contribution in [0.15, 0.2) is 24.3 Å². The highest BCUT2D eigenvalue weighted by atomic mass is 19.1. The van der Waals surface area contributed by atoms with Crippen LogP contribution in [0, 0.1) is 11.7 Å². The van der Waals surface area contributed by atoms with Crippen molar-refractivity contribution in [3.05, 3.63) is 35.6 Å². The summed E-state index contributed by atoms with van der Waals surface area (Å²) in [5, 5.41) is 0. The molecule has 2 rings (SSSR count). The lowest BCUT2D eigenvalue weighted by Gasteiger charge is -2.27. The molecule has 0 aromatic heterocycles. The van der Waals surface area contributed by atoms with Gasteiger partial charge in [0.2, 0.25) is 0 Å². The summed E-state index contributed by atoms with van der Waals surface area (Å²) < 4.78 is 23.3. The van der Waals surface area contributed by atoms with E-state index in [0.717, 1.165) is 31.2 Å². The molecule has 4 heteroatoms. The molecule has 3 nitrogen and oxygen atoms in total. The van der Waals surface area contributed by atoms with Gasteiger partial charge in [-0.25, -0.2) is 4.39 Å². The van der Waals surface area contributed by atoms with Crippen molar-refractivity contribution in [1.29, 1.82) is 0 Å². The van der Waals surface area contributed by atoms with E-state index in [9.17, 15) is 9.18 Å². The first-order valence-electron chi connectivity index (χ1n) is 6.63. The summed E-state index contributed by atoms with van der Waals surface area (Å²) in [7, 11) is 1.43. The highest BCUT2D eigenvalue weighted by molar-refractivity contribution is 5.72. The SMILES string of the molecule is COC(=O)C1CCC(OCc2ccc(F)cc2)CC1. The molecule has 0 saturated heterocycles. The van der Waals surface area contributed by atoms with E-state index >= 15 is 0 Å². The number of methoxy groups -OCH3 is 1. The summed E-state index contributed by atoms with van der Waals surface area (Å²) in [6, 6.07) is 6.34. The molecule has 0 radical (unpaired) electrons. The van der Waals surface area contributed by atoms with Gasteiger partial charge >= 0.3 is 5.97 Å². The predicted octanol–water partition coefficient (Wildman–Crippen LogP) is 3.07. The third-order valence-corrected chi connectivity index (χ3v) is 3.61. The van der Waals surface area contributed by atoms with E-state index in [0.29, 0.717) is 6.61 Å². The number of carbonyl (C=O) groups excluding carboxylic acids is 1. The van der Waals surface area contributed by atoms with Crippen molar-refractivity contribution in [2.45, 2.75) is 38.4 Å². The summed E-state index contributed by atoms with van der Waals surface area (Å²) in [6.45, 7) is 0.494. The Kier molecular flexibility index (Phi) is 4.91. The predicted molar refractivity (Wildman–Crippen MR) is 69.0 cm³/mol. The highest BCUT2D eigenvalue weighted by Gasteiger charge is 2.27. The molecule has 1 aromatic rings. The first-order chi connectivity index (χ1) is 9.19. The molecule has 0 amide bonds. The third-order valence-electron chi connectivity index (χ3n) is 3.61. The van der Waals surface area contributed by atoms with Gasteiger partial charge in [0.15, 0.2) is 0 Å². The maximum absolute atomic E-state index is 12.7. The van der Waals surface area contributed by atoms with Gasteiger partial charge in [0.05, 0.1) is 25.7 Å². The molecular formula is C15H19FO3. The maximum atomic E-state index is 12.7. The summed E-state index contributed by atoms with van der Waals surface area (Å²) >= 11 is 0. The number of esters is 1. The quantitative estimate of drug-likeness (QED) is 0.786. The Hall–Kier alpha value is -1.42. The fourth-order valence-corrected chi connectivity index (χ4v) is 2.43. The molecule has 0 heterocycles. The minimum Gasteiger partial charge on any atom is -0.469 e. The average Bonchev–Trinajstić information content (AvgIpc) is 2.46. The lowest BCUT2D eigenvalue weighted by molar-refractivity contribution is -0.147. The van der Waals surface area contributed by atoms with E-state index in [1.54, 1.807) is 12.1 Å². The third kappa shape index (κ3) is 4.03. The summed E-state index contributed by atoms with van der Waals surface area (Å²) in [5.41, 5.74) is 0.969. The van der Waals surface area contributed by atoms with Crippen LogP contribution in [0.2, 0.25) is 0 Å². The second kappa shape index (κ2) is 6.66. The van der Waals surface area contributed by atoms with E-state index in [-0.39, 0.29) is 23.8 Å². The van der Waals surface area contributed by atoms with E-state index in [1.807, 2.05) is 0 Å². The molecular weight excluding hydrogens is 247 g/mol. The molecule has 1 saturated carbocycles. The summed E-state index contributed by atoms with van der Waals surface area (Å²) in [5.74, 6) is -0.324. The largest absolute Gasteiger partial charge is 0.469 e. The summed E-state index contributed by atoms with van der Waals surface area (Å²) in [4.78, 5) is 11.4. The molecule has 104 valence electrons. The Bertz CT molecular complexity index is 408. The van der Waals surface area contributed by atoms with Gasteiger partial charge in [0, 0.05) is 0 Å². The van der Waals surface area contributed by atoms with Crippen LogP contribution in [0.4, 0.5) is 4.39 Å². The fraction of sp³-hybridized carbons (Fsp3) is 0.533. The first-order valence-corrected chi connectivity index (χ1v) is 6.63. The zero-order valence-electron chi connectivity index (χ0n) is 11.1. The van der Waals surface area contributed by atoms with Gasteiger partial charge in [-0.15, -0.1) is 0 Å². The van der Waals surface area contributed by atoms with E-state index < -0.39 is 0 Å². The fourth-order valence-electron chi connectivity index (χ4n) is 2.43. The van der Waals surface area contributed by atoms with Gasteiger partial charge < -0.3 is 9.47 Å². The van der Waals surface area contributed by atoms with Gasteiger partial charge in [-0.1, -0.05) is 12.1 Å². The van der Waals surface area contributed by atoms with Crippen molar-refractivity contribution < 1.29 is 18.7 Å². The van der Waals surface area contributed by atoms with Gasteiger partial charge in [-0.2, -0.15) is 0 Å². The number of rotatable bonds is 4. The maximum Gasteiger partial charge on any atom is 0.308 e. The highest BCUT2D eigenvalue weighted by Crippen LogP contribution is 2.27. The molecule has 1 aromatic carbocycles. The van der Waals surface area contributed by atoms with Crippen molar-refractivity contribution in [2.75, 3.05) is 7.11 Å². The number of hydrogen-bond donors (Lipinski definition) is 0. The monoisotopic (exact) mass is 266 g/mol. The Labute approximate surface area is 112 Å². The van der Waals surface area contributed by atoms with Crippen LogP contribution < -0.4 is 0 Å². The van der Waals surface area contributed by atoms with Crippen LogP contribution >= 0.6 is 0 Å². The molecule has 19 heavy (non-hydrogen) atoms. The van der Waals surface area contributed by atoms with Crippen LogP contribution in [0.5, 0.6) is 0 Å². The van der Waals surface area contributed by atoms with Crippen molar-refractivity contribution in [2.24, 2.45) is 5.92 Å². The number of carbonyl (C=O) groups is 1.